The number of amides is 3. The lowest BCUT2D eigenvalue weighted by Crippen LogP contribution is -2.59. The van der Waals surface area contributed by atoms with Crippen LogP contribution >= 0.6 is 0 Å². The number of carbonyl (C=O) groups excluding carboxylic acids is 3. The van der Waals surface area contributed by atoms with E-state index in [2.05, 4.69) is 0 Å². The molecule has 124 valence electrons. The molecule has 2 N–H and O–H groups in total. The van der Waals surface area contributed by atoms with Gasteiger partial charge in [0.1, 0.15) is 0 Å². The molecule has 2 atom stereocenters. The molecule has 3 amide bonds. The lowest BCUT2D eigenvalue weighted by Gasteiger charge is -2.45. The van der Waals surface area contributed by atoms with Gasteiger partial charge in [-0.05, 0) is 12.5 Å². The predicted molar refractivity (Wildman–Crippen MR) is 86.1 cm³/mol. The number of hydrogen-bond donors (Lipinski definition) is 1. The summed E-state index contributed by atoms with van der Waals surface area (Å²) in [5, 5.41) is 0. The average molecular weight is 317 g/mol. The molecule has 6 heteroatoms. The molecular weight excluding hydrogens is 294 g/mol. The summed E-state index contributed by atoms with van der Waals surface area (Å²) in [6.45, 7) is 6.24. The van der Waals surface area contributed by atoms with Gasteiger partial charge in [0.15, 0.2) is 0 Å². The number of piperazine rings is 1. The highest BCUT2D eigenvalue weighted by Crippen LogP contribution is 2.29. The van der Waals surface area contributed by atoms with Crippen molar-refractivity contribution < 1.29 is 14.4 Å². The van der Waals surface area contributed by atoms with Gasteiger partial charge in [-0.15, -0.1) is 0 Å². The Kier molecular flexibility index (Phi) is 5.03. The van der Waals surface area contributed by atoms with E-state index in [9.17, 15) is 14.4 Å². The highest BCUT2D eigenvalue weighted by atomic mass is 16.2. The zero-order valence-corrected chi connectivity index (χ0v) is 13.7. The van der Waals surface area contributed by atoms with Crippen molar-refractivity contribution in [1.82, 2.24) is 9.80 Å². The van der Waals surface area contributed by atoms with Crippen LogP contribution in [0.5, 0.6) is 0 Å². The van der Waals surface area contributed by atoms with Gasteiger partial charge in [-0.3, -0.25) is 14.4 Å². The fraction of sp³-hybridized carbons (Fsp3) is 0.471. The molecule has 1 aliphatic heterocycles. The van der Waals surface area contributed by atoms with Crippen LogP contribution in [0.4, 0.5) is 0 Å². The predicted octanol–water partition coefficient (Wildman–Crippen LogP) is 0.928. The molecule has 6 nitrogen and oxygen atoms in total. The van der Waals surface area contributed by atoms with E-state index in [1.165, 1.54) is 4.90 Å². The maximum absolute atomic E-state index is 12.4. The molecule has 23 heavy (non-hydrogen) atoms. The first-order valence-electron chi connectivity index (χ1n) is 7.78. The van der Waals surface area contributed by atoms with Crippen LogP contribution in [0.2, 0.25) is 0 Å². The molecule has 0 saturated carbocycles. The lowest BCUT2D eigenvalue weighted by molar-refractivity contribution is -0.153. The van der Waals surface area contributed by atoms with Crippen molar-refractivity contribution in [2.24, 2.45) is 11.7 Å². The van der Waals surface area contributed by atoms with Crippen molar-refractivity contribution in [3.8, 4) is 0 Å². The van der Waals surface area contributed by atoms with Crippen molar-refractivity contribution in [1.29, 1.82) is 0 Å². The molecular formula is C17H23N3O3. The van der Waals surface area contributed by atoms with E-state index in [0.717, 1.165) is 5.56 Å². The Morgan fingerprint density at radius 3 is 2.22 bits per heavy atom. The molecule has 0 bridgehead atoms. The van der Waals surface area contributed by atoms with Crippen LogP contribution in [0.3, 0.4) is 0 Å². The van der Waals surface area contributed by atoms with Crippen LogP contribution < -0.4 is 5.73 Å². The second kappa shape index (κ2) is 6.81. The number of primary amides is 1. The van der Waals surface area contributed by atoms with Gasteiger partial charge in [0.25, 0.3) is 0 Å². The molecule has 2 rings (SSSR count). The fourth-order valence-electron chi connectivity index (χ4n) is 2.94. The Morgan fingerprint density at radius 1 is 1.09 bits per heavy atom. The Labute approximate surface area is 136 Å². The standard InChI is InChI=1S/C17H23N3O3/c1-11(2)16(22)19-10-14(13-7-5-4-6-8-13)20(9-12(19)3)17(23)15(18)21/h4-8,11-12,14H,9-10H2,1-3H3,(H2,18,21)/t12-,14-/m1/s1. The second-order valence-corrected chi connectivity index (χ2v) is 6.24. The van der Waals surface area contributed by atoms with Gasteiger partial charge < -0.3 is 15.5 Å². The minimum atomic E-state index is -0.971. The van der Waals surface area contributed by atoms with Crippen molar-refractivity contribution in [3.63, 3.8) is 0 Å². The van der Waals surface area contributed by atoms with E-state index in [1.54, 1.807) is 4.90 Å². The first kappa shape index (κ1) is 17.0. The maximum Gasteiger partial charge on any atom is 0.312 e. The topological polar surface area (TPSA) is 83.7 Å². The number of carbonyl (C=O) groups is 3. The molecule has 0 unspecified atom stereocenters. The quantitative estimate of drug-likeness (QED) is 0.824. The summed E-state index contributed by atoms with van der Waals surface area (Å²) in [5.74, 6) is -1.75. The number of rotatable bonds is 2. The van der Waals surface area contributed by atoms with Crippen LogP contribution in [0.25, 0.3) is 0 Å². The summed E-state index contributed by atoms with van der Waals surface area (Å²) in [5.41, 5.74) is 6.07. The molecule has 1 fully saturated rings. The summed E-state index contributed by atoms with van der Waals surface area (Å²) >= 11 is 0. The third-order valence-electron chi connectivity index (χ3n) is 4.17. The normalized spacial score (nSPS) is 21.4. The van der Waals surface area contributed by atoms with Gasteiger partial charge in [0, 0.05) is 25.0 Å². The molecule has 1 saturated heterocycles. The van der Waals surface area contributed by atoms with Gasteiger partial charge in [0.05, 0.1) is 6.04 Å². The Morgan fingerprint density at radius 2 is 1.70 bits per heavy atom. The van der Waals surface area contributed by atoms with Crippen LogP contribution in [0.15, 0.2) is 30.3 Å². The zero-order chi connectivity index (χ0) is 17.1. The summed E-state index contributed by atoms with van der Waals surface area (Å²) in [6, 6.07) is 8.87. The number of benzene rings is 1. The van der Waals surface area contributed by atoms with E-state index < -0.39 is 11.8 Å². The van der Waals surface area contributed by atoms with Gasteiger partial charge in [-0.25, -0.2) is 0 Å². The number of hydrogen-bond acceptors (Lipinski definition) is 3. The van der Waals surface area contributed by atoms with Crippen LogP contribution in [-0.4, -0.2) is 46.7 Å². The number of nitrogens with zero attached hydrogens (tertiary/aromatic N) is 2. The minimum Gasteiger partial charge on any atom is -0.361 e. The van der Waals surface area contributed by atoms with E-state index in [4.69, 9.17) is 5.73 Å². The molecule has 1 aliphatic rings. The zero-order valence-electron chi connectivity index (χ0n) is 13.7. The summed E-state index contributed by atoms with van der Waals surface area (Å²) < 4.78 is 0. The summed E-state index contributed by atoms with van der Waals surface area (Å²) in [7, 11) is 0. The third-order valence-corrected chi connectivity index (χ3v) is 4.17. The largest absolute Gasteiger partial charge is 0.361 e. The van der Waals surface area contributed by atoms with E-state index in [1.807, 2.05) is 51.1 Å². The smallest absolute Gasteiger partial charge is 0.312 e. The third kappa shape index (κ3) is 3.52. The van der Waals surface area contributed by atoms with Crippen LogP contribution in [0, 0.1) is 5.92 Å². The van der Waals surface area contributed by atoms with Crippen LogP contribution in [-0.2, 0) is 14.4 Å². The van der Waals surface area contributed by atoms with Crippen molar-refractivity contribution in [2.75, 3.05) is 13.1 Å². The van der Waals surface area contributed by atoms with Crippen LogP contribution in [0.1, 0.15) is 32.4 Å². The molecule has 1 aromatic rings. The van der Waals surface area contributed by atoms with E-state index in [0.29, 0.717) is 13.1 Å². The average Bonchev–Trinajstić information content (AvgIpc) is 2.53. The summed E-state index contributed by atoms with van der Waals surface area (Å²) in [4.78, 5) is 39.2. The highest BCUT2D eigenvalue weighted by Gasteiger charge is 2.39. The van der Waals surface area contributed by atoms with E-state index >= 15 is 0 Å². The van der Waals surface area contributed by atoms with Gasteiger partial charge in [0.2, 0.25) is 5.91 Å². The molecule has 0 aliphatic carbocycles. The second-order valence-electron chi connectivity index (χ2n) is 6.24. The fourth-order valence-corrected chi connectivity index (χ4v) is 2.94. The lowest BCUT2D eigenvalue weighted by atomic mass is 9.98. The molecule has 1 heterocycles. The summed E-state index contributed by atoms with van der Waals surface area (Å²) in [6.07, 6.45) is 0. The highest BCUT2D eigenvalue weighted by molar-refractivity contribution is 6.34. The van der Waals surface area contributed by atoms with Gasteiger partial charge in [-0.2, -0.15) is 0 Å². The van der Waals surface area contributed by atoms with Crippen molar-refractivity contribution >= 4 is 17.7 Å². The van der Waals surface area contributed by atoms with Crippen molar-refractivity contribution in [2.45, 2.75) is 32.9 Å². The molecule has 0 aromatic heterocycles. The first-order chi connectivity index (χ1) is 10.8. The maximum atomic E-state index is 12.4. The first-order valence-corrected chi connectivity index (χ1v) is 7.78. The number of nitrogens with two attached hydrogens (primary N) is 1. The Hall–Kier alpha value is -2.37. The van der Waals surface area contributed by atoms with Gasteiger partial charge in [-0.1, -0.05) is 44.2 Å². The Balaban J connectivity index is 2.36. The minimum absolute atomic E-state index is 0.0459. The molecule has 1 aromatic carbocycles. The molecule has 0 spiro atoms. The SMILES string of the molecule is CC(C)C(=O)N1C[C@H](c2ccccc2)N(C(=O)C(N)=O)C[C@H]1C. The van der Waals surface area contributed by atoms with Gasteiger partial charge >= 0.3 is 11.8 Å². The molecule has 0 radical (unpaired) electrons. The van der Waals surface area contributed by atoms with Crippen molar-refractivity contribution in [3.05, 3.63) is 35.9 Å². The van der Waals surface area contributed by atoms with E-state index in [-0.39, 0.29) is 23.9 Å². The monoisotopic (exact) mass is 317 g/mol. The Bertz CT molecular complexity index is 600.